The third-order valence-electron chi connectivity index (χ3n) is 3.05. The molecule has 0 N–H and O–H groups in total. The van der Waals surface area contributed by atoms with Gasteiger partial charge in [0.1, 0.15) is 0 Å². The Morgan fingerprint density at radius 2 is 1.05 bits per heavy atom. The van der Waals surface area contributed by atoms with E-state index in [1.165, 1.54) is 0 Å². The fraction of sp³-hybridized carbons (Fsp3) is 1.00. The summed E-state index contributed by atoms with van der Waals surface area (Å²) in [7, 11) is 5.26. The van der Waals surface area contributed by atoms with Gasteiger partial charge in [0, 0.05) is 54.2 Å². The zero-order valence-electron chi connectivity index (χ0n) is 14.4. The van der Waals surface area contributed by atoms with Gasteiger partial charge in [0.15, 0.2) is 0 Å². The first kappa shape index (κ1) is 22.5. The zero-order valence-corrected chi connectivity index (χ0v) is 16.4. The molecule has 0 heterocycles. The highest BCUT2D eigenvalue weighted by Gasteiger charge is 2.41. The number of hydrogen-bond acceptors (Lipinski definition) is 6. The lowest BCUT2D eigenvalue weighted by atomic mass is 10.6. The van der Waals surface area contributed by atoms with E-state index in [1.807, 2.05) is 13.8 Å². The standard InChI is InChI=1S/2C6H16O3Si/c1-6(2)10(7-3,8-4)9-5;1-5-6-10(7-2,8-3)9-4/h6H,1-5H3;5-6H2,1-4H3. The molecule has 0 radical (unpaired) electrons. The lowest BCUT2D eigenvalue weighted by Crippen LogP contribution is -2.45. The van der Waals surface area contributed by atoms with Crippen molar-refractivity contribution in [2.45, 2.75) is 38.8 Å². The van der Waals surface area contributed by atoms with E-state index in [4.69, 9.17) is 26.6 Å². The minimum Gasteiger partial charge on any atom is -0.377 e. The SMILES string of the molecule is CCC[Si](OC)(OC)OC.CO[Si](OC)(OC)C(C)C. The summed E-state index contributed by atoms with van der Waals surface area (Å²) in [6.45, 7) is 6.14. The third kappa shape index (κ3) is 6.77. The quantitative estimate of drug-likeness (QED) is 0.606. The first-order chi connectivity index (χ1) is 9.37. The van der Waals surface area contributed by atoms with Crippen molar-refractivity contribution in [2.24, 2.45) is 0 Å². The first-order valence-corrected chi connectivity index (χ1v) is 10.4. The molecule has 0 aromatic heterocycles. The van der Waals surface area contributed by atoms with Crippen molar-refractivity contribution in [2.75, 3.05) is 42.7 Å². The zero-order chi connectivity index (χ0) is 16.2. The van der Waals surface area contributed by atoms with Crippen molar-refractivity contribution in [3.63, 3.8) is 0 Å². The van der Waals surface area contributed by atoms with Gasteiger partial charge in [0.05, 0.1) is 0 Å². The van der Waals surface area contributed by atoms with E-state index < -0.39 is 17.6 Å². The first-order valence-electron chi connectivity index (χ1n) is 6.68. The predicted molar refractivity (Wildman–Crippen MR) is 83.8 cm³/mol. The van der Waals surface area contributed by atoms with Crippen LogP contribution in [-0.2, 0) is 26.6 Å². The Morgan fingerprint density at radius 1 is 0.700 bits per heavy atom. The maximum absolute atomic E-state index is 5.19. The smallest absolute Gasteiger partial charge is 0.377 e. The average molecular weight is 329 g/mol. The second kappa shape index (κ2) is 11.8. The largest absolute Gasteiger partial charge is 0.502 e. The summed E-state index contributed by atoms with van der Waals surface area (Å²) in [6.07, 6.45) is 1.03. The second-order valence-electron chi connectivity index (χ2n) is 4.42. The van der Waals surface area contributed by atoms with Crippen LogP contribution in [0.2, 0.25) is 11.6 Å². The molecule has 0 atom stereocenters. The molecular formula is C12H32O6Si2. The van der Waals surface area contributed by atoms with Gasteiger partial charge in [-0.1, -0.05) is 27.2 Å². The molecule has 0 rings (SSSR count). The van der Waals surface area contributed by atoms with Crippen LogP contribution in [0.4, 0.5) is 0 Å². The van der Waals surface area contributed by atoms with Crippen LogP contribution in [0.15, 0.2) is 0 Å². The van der Waals surface area contributed by atoms with Crippen LogP contribution >= 0.6 is 0 Å². The van der Waals surface area contributed by atoms with Crippen molar-refractivity contribution in [3.05, 3.63) is 0 Å². The van der Waals surface area contributed by atoms with Crippen LogP contribution in [-0.4, -0.2) is 60.3 Å². The molecule has 0 unspecified atom stereocenters. The molecule has 0 bridgehead atoms. The van der Waals surface area contributed by atoms with E-state index in [2.05, 4.69) is 6.92 Å². The minimum absolute atomic E-state index is 0.312. The molecule has 0 saturated carbocycles. The van der Waals surface area contributed by atoms with Gasteiger partial charge in [-0.05, 0) is 0 Å². The van der Waals surface area contributed by atoms with Crippen molar-refractivity contribution in [3.8, 4) is 0 Å². The van der Waals surface area contributed by atoms with Crippen LogP contribution in [0, 0.1) is 0 Å². The van der Waals surface area contributed by atoms with E-state index in [-0.39, 0.29) is 0 Å². The summed E-state index contributed by atoms with van der Waals surface area (Å²) >= 11 is 0. The monoisotopic (exact) mass is 328 g/mol. The molecule has 0 aliphatic rings. The normalized spacial score (nSPS) is 12.3. The molecule has 0 fully saturated rings. The van der Waals surface area contributed by atoms with E-state index in [1.54, 1.807) is 42.7 Å². The summed E-state index contributed by atoms with van der Waals surface area (Å²) in [5, 5.41) is 0. The Bertz CT molecular complexity index is 203. The van der Waals surface area contributed by atoms with Gasteiger partial charge in [-0.15, -0.1) is 0 Å². The molecule has 0 spiro atoms. The lowest BCUT2D eigenvalue weighted by Gasteiger charge is -2.27. The Balaban J connectivity index is 0. The molecule has 0 aromatic carbocycles. The number of rotatable bonds is 9. The highest BCUT2D eigenvalue weighted by atomic mass is 28.4. The van der Waals surface area contributed by atoms with Crippen LogP contribution in [0.1, 0.15) is 27.2 Å². The maximum atomic E-state index is 5.19. The fourth-order valence-electron chi connectivity index (χ4n) is 1.82. The lowest BCUT2D eigenvalue weighted by molar-refractivity contribution is 0.115. The van der Waals surface area contributed by atoms with Crippen LogP contribution in [0.25, 0.3) is 0 Å². The molecule has 0 aliphatic heterocycles. The molecule has 8 heteroatoms. The minimum atomic E-state index is -2.29. The van der Waals surface area contributed by atoms with Crippen LogP contribution in [0.3, 0.4) is 0 Å². The van der Waals surface area contributed by atoms with Gasteiger partial charge in [-0.2, -0.15) is 0 Å². The van der Waals surface area contributed by atoms with Crippen LogP contribution < -0.4 is 0 Å². The van der Waals surface area contributed by atoms with Crippen molar-refractivity contribution < 1.29 is 26.6 Å². The highest BCUT2D eigenvalue weighted by Crippen LogP contribution is 2.21. The van der Waals surface area contributed by atoms with Gasteiger partial charge in [-0.25, -0.2) is 0 Å². The van der Waals surface area contributed by atoms with Crippen molar-refractivity contribution >= 4 is 17.6 Å². The van der Waals surface area contributed by atoms with Gasteiger partial charge < -0.3 is 26.6 Å². The summed E-state index contributed by atoms with van der Waals surface area (Å²) in [5.74, 6) is 0. The van der Waals surface area contributed by atoms with Gasteiger partial charge in [-0.3, -0.25) is 0 Å². The van der Waals surface area contributed by atoms with Crippen molar-refractivity contribution in [1.29, 1.82) is 0 Å². The number of hydrogen-bond donors (Lipinski definition) is 0. The average Bonchev–Trinajstić information content (AvgIpc) is 2.48. The van der Waals surface area contributed by atoms with Crippen LogP contribution in [0.5, 0.6) is 0 Å². The van der Waals surface area contributed by atoms with E-state index in [9.17, 15) is 0 Å². The summed E-state index contributed by atoms with van der Waals surface area (Å²) < 4.78 is 31.1. The molecule has 20 heavy (non-hydrogen) atoms. The Labute approximate surface area is 126 Å². The third-order valence-corrected chi connectivity index (χ3v) is 9.15. The molecule has 124 valence electrons. The summed E-state index contributed by atoms with van der Waals surface area (Å²) in [4.78, 5) is 0. The molecule has 0 aliphatic carbocycles. The topological polar surface area (TPSA) is 55.4 Å². The molecule has 0 saturated heterocycles. The van der Waals surface area contributed by atoms with Gasteiger partial charge >= 0.3 is 17.6 Å². The summed E-state index contributed by atoms with van der Waals surface area (Å²) in [6, 6.07) is 0.885. The molecule has 0 aromatic rings. The Hall–Kier alpha value is 0.194. The second-order valence-corrected chi connectivity index (χ2v) is 11.1. The highest BCUT2D eigenvalue weighted by molar-refractivity contribution is 6.62. The maximum Gasteiger partial charge on any atom is 0.502 e. The van der Waals surface area contributed by atoms with Crippen molar-refractivity contribution in [1.82, 2.24) is 0 Å². The Morgan fingerprint density at radius 3 is 1.10 bits per heavy atom. The van der Waals surface area contributed by atoms with Gasteiger partial charge in [0.2, 0.25) is 0 Å². The van der Waals surface area contributed by atoms with Gasteiger partial charge in [0.25, 0.3) is 0 Å². The Kier molecular flexibility index (Phi) is 13.3. The predicted octanol–water partition coefficient (Wildman–Crippen LogP) is 2.55. The molecular weight excluding hydrogens is 296 g/mol. The van der Waals surface area contributed by atoms with E-state index in [0.29, 0.717) is 5.54 Å². The van der Waals surface area contributed by atoms with E-state index in [0.717, 1.165) is 12.5 Å². The van der Waals surface area contributed by atoms with E-state index >= 15 is 0 Å². The summed E-state index contributed by atoms with van der Waals surface area (Å²) in [5.41, 5.74) is 0.312. The fourth-order valence-corrected chi connectivity index (χ4v) is 5.46. The molecule has 6 nitrogen and oxygen atoms in total. The molecule has 0 amide bonds.